The van der Waals surface area contributed by atoms with Crippen molar-refractivity contribution in [3.8, 4) is 0 Å². The fourth-order valence-electron chi connectivity index (χ4n) is 1.32. The Labute approximate surface area is 119 Å². The second-order valence-corrected chi connectivity index (χ2v) is 5.93. The van der Waals surface area contributed by atoms with Crippen molar-refractivity contribution in [2.45, 2.75) is 37.7 Å². The molecule has 0 bridgehead atoms. The van der Waals surface area contributed by atoms with Gasteiger partial charge in [0.15, 0.2) is 0 Å². The van der Waals surface area contributed by atoms with E-state index in [-0.39, 0.29) is 5.91 Å². The molecule has 1 rings (SSSR count). The fourth-order valence-corrected chi connectivity index (χ4v) is 2.12. The van der Waals surface area contributed by atoms with E-state index >= 15 is 0 Å². The van der Waals surface area contributed by atoms with Crippen LogP contribution >= 0.6 is 11.8 Å². The predicted molar refractivity (Wildman–Crippen MR) is 81.6 cm³/mol. The largest absolute Gasteiger partial charge is 0.397 e. The number of nitrogens with one attached hydrogen (secondary N) is 1. The van der Waals surface area contributed by atoms with Crippen LogP contribution in [-0.2, 0) is 9.53 Å². The second kappa shape index (κ2) is 6.82. The third kappa shape index (κ3) is 4.44. The van der Waals surface area contributed by atoms with Crippen LogP contribution in [0.5, 0.6) is 0 Å². The first-order chi connectivity index (χ1) is 8.90. The number of anilines is 2. The molecule has 0 atom stereocenters. The Kier molecular flexibility index (Phi) is 5.69. The molecule has 0 heterocycles. The molecule has 4 nitrogen and oxygen atoms in total. The third-order valence-electron chi connectivity index (χ3n) is 2.80. The summed E-state index contributed by atoms with van der Waals surface area (Å²) >= 11 is 1.75. The number of methoxy groups -OCH3 is 1. The van der Waals surface area contributed by atoms with Crippen molar-refractivity contribution in [3.63, 3.8) is 0 Å². The minimum atomic E-state index is -0.876. The van der Waals surface area contributed by atoms with Gasteiger partial charge in [-0.25, -0.2) is 0 Å². The number of benzene rings is 1. The van der Waals surface area contributed by atoms with Crippen LogP contribution in [0.2, 0.25) is 0 Å². The van der Waals surface area contributed by atoms with E-state index < -0.39 is 5.60 Å². The van der Waals surface area contributed by atoms with E-state index in [2.05, 4.69) is 12.2 Å². The Hall–Kier alpha value is -1.20. The summed E-state index contributed by atoms with van der Waals surface area (Å²) in [6.45, 7) is 5.57. The Balaban J connectivity index is 2.85. The van der Waals surface area contributed by atoms with Crippen molar-refractivity contribution in [1.82, 2.24) is 0 Å². The predicted octanol–water partition coefficient (Wildman–Crippen LogP) is 3.13. The van der Waals surface area contributed by atoms with Crippen LogP contribution in [0.1, 0.15) is 27.2 Å². The SMILES string of the molecule is CCCSc1ccc(N)c(NC(=O)C(C)(C)OC)c1. The molecule has 106 valence electrons. The van der Waals surface area contributed by atoms with Gasteiger partial charge in [0, 0.05) is 12.0 Å². The average Bonchev–Trinajstić information content (AvgIpc) is 2.39. The van der Waals surface area contributed by atoms with Gasteiger partial charge in [-0.1, -0.05) is 6.92 Å². The van der Waals surface area contributed by atoms with Crippen molar-refractivity contribution < 1.29 is 9.53 Å². The van der Waals surface area contributed by atoms with Gasteiger partial charge in [0.05, 0.1) is 11.4 Å². The quantitative estimate of drug-likeness (QED) is 0.621. The molecule has 5 heteroatoms. The summed E-state index contributed by atoms with van der Waals surface area (Å²) < 4.78 is 5.15. The molecule has 3 N–H and O–H groups in total. The number of ether oxygens (including phenoxy) is 1. The summed E-state index contributed by atoms with van der Waals surface area (Å²) in [6, 6.07) is 5.68. The summed E-state index contributed by atoms with van der Waals surface area (Å²) in [5.41, 5.74) is 6.20. The molecule has 1 aromatic carbocycles. The lowest BCUT2D eigenvalue weighted by atomic mass is 10.1. The molecule has 0 spiro atoms. The maximum Gasteiger partial charge on any atom is 0.256 e. The Morgan fingerprint density at radius 1 is 1.47 bits per heavy atom. The Morgan fingerprint density at radius 3 is 2.74 bits per heavy atom. The van der Waals surface area contributed by atoms with E-state index in [1.807, 2.05) is 18.2 Å². The fraction of sp³-hybridized carbons (Fsp3) is 0.500. The van der Waals surface area contributed by atoms with Gasteiger partial charge in [-0.15, -0.1) is 11.8 Å². The average molecular weight is 282 g/mol. The zero-order valence-electron chi connectivity index (χ0n) is 11.9. The number of nitrogen functional groups attached to an aromatic ring is 1. The number of nitrogens with two attached hydrogens (primary N) is 1. The van der Waals surface area contributed by atoms with Crippen LogP contribution in [0.4, 0.5) is 11.4 Å². The summed E-state index contributed by atoms with van der Waals surface area (Å²) in [4.78, 5) is 13.1. The van der Waals surface area contributed by atoms with Crippen molar-refractivity contribution in [2.75, 3.05) is 23.9 Å². The molecular formula is C14H22N2O2S. The van der Waals surface area contributed by atoms with Crippen molar-refractivity contribution in [2.24, 2.45) is 0 Å². The van der Waals surface area contributed by atoms with Gasteiger partial charge in [-0.3, -0.25) is 4.79 Å². The highest BCUT2D eigenvalue weighted by atomic mass is 32.2. The van der Waals surface area contributed by atoms with Gasteiger partial charge < -0.3 is 15.8 Å². The van der Waals surface area contributed by atoms with Crippen LogP contribution in [-0.4, -0.2) is 24.4 Å². The van der Waals surface area contributed by atoms with Gasteiger partial charge in [-0.2, -0.15) is 0 Å². The lowest BCUT2D eigenvalue weighted by Crippen LogP contribution is -2.38. The van der Waals surface area contributed by atoms with E-state index in [4.69, 9.17) is 10.5 Å². The monoisotopic (exact) mass is 282 g/mol. The van der Waals surface area contributed by atoms with Crippen LogP contribution in [0, 0.1) is 0 Å². The van der Waals surface area contributed by atoms with Crippen molar-refractivity contribution in [1.29, 1.82) is 0 Å². The number of thioether (sulfide) groups is 1. The molecule has 0 unspecified atom stereocenters. The molecule has 0 aliphatic rings. The number of rotatable bonds is 6. The van der Waals surface area contributed by atoms with E-state index in [0.29, 0.717) is 11.4 Å². The first-order valence-electron chi connectivity index (χ1n) is 6.29. The Morgan fingerprint density at radius 2 is 2.16 bits per heavy atom. The molecule has 1 amide bonds. The summed E-state index contributed by atoms with van der Waals surface area (Å²) in [5.74, 6) is 0.834. The lowest BCUT2D eigenvalue weighted by molar-refractivity contribution is -0.133. The molecule has 0 saturated heterocycles. The standard InChI is InChI=1S/C14H22N2O2S/c1-5-8-19-10-6-7-11(15)12(9-10)16-13(17)14(2,3)18-4/h6-7,9H,5,8,15H2,1-4H3,(H,16,17). The van der Waals surface area contributed by atoms with Crippen LogP contribution in [0.25, 0.3) is 0 Å². The van der Waals surface area contributed by atoms with Gasteiger partial charge >= 0.3 is 0 Å². The maximum atomic E-state index is 12.0. The third-order valence-corrected chi connectivity index (χ3v) is 4.00. The first-order valence-corrected chi connectivity index (χ1v) is 7.28. The Bertz CT molecular complexity index is 447. The molecule has 0 saturated carbocycles. The zero-order chi connectivity index (χ0) is 14.5. The second-order valence-electron chi connectivity index (χ2n) is 4.77. The number of amides is 1. The van der Waals surface area contributed by atoms with Gasteiger partial charge in [0.1, 0.15) is 5.60 Å². The number of hydrogen-bond donors (Lipinski definition) is 2. The van der Waals surface area contributed by atoms with Crippen LogP contribution in [0.15, 0.2) is 23.1 Å². The molecule has 0 fully saturated rings. The molecular weight excluding hydrogens is 260 g/mol. The smallest absolute Gasteiger partial charge is 0.256 e. The highest BCUT2D eigenvalue weighted by Crippen LogP contribution is 2.27. The minimum Gasteiger partial charge on any atom is -0.397 e. The maximum absolute atomic E-state index is 12.0. The van der Waals surface area contributed by atoms with Gasteiger partial charge in [-0.05, 0) is 44.2 Å². The van der Waals surface area contributed by atoms with Crippen LogP contribution < -0.4 is 11.1 Å². The van der Waals surface area contributed by atoms with Gasteiger partial charge in [0.25, 0.3) is 5.91 Å². The zero-order valence-corrected chi connectivity index (χ0v) is 12.8. The molecule has 0 aromatic heterocycles. The first kappa shape index (κ1) is 15.9. The minimum absolute atomic E-state index is 0.209. The van der Waals surface area contributed by atoms with Gasteiger partial charge in [0.2, 0.25) is 0 Å². The number of hydrogen-bond acceptors (Lipinski definition) is 4. The number of carbonyl (C=O) groups is 1. The molecule has 0 aliphatic heterocycles. The highest BCUT2D eigenvalue weighted by molar-refractivity contribution is 7.99. The lowest BCUT2D eigenvalue weighted by Gasteiger charge is -2.22. The van der Waals surface area contributed by atoms with E-state index in [1.54, 1.807) is 25.6 Å². The summed E-state index contributed by atoms with van der Waals surface area (Å²) in [5, 5.41) is 2.82. The molecule has 0 aliphatic carbocycles. The molecule has 19 heavy (non-hydrogen) atoms. The topological polar surface area (TPSA) is 64.3 Å². The van der Waals surface area contributed by atoms with Crippen molar-refractivity contribution in [3.05, 3.63) is 18.2 Å². The number of carbonyl (C=O) groups excluding carboxylic acids is 1. The summed E-state index contributed by atoms with van der Waals surface area (Å²) in [7, 11) is 1.51. The van der Waals surface area contributed by atoms with Crippen molar-refractivity contribution >= 4 is 29.0 Å². The summed E-state index contributed by atoms with van der Waals surface area (Å²) in [6.07, 6.45) is 1.10. The van der Waals surface area contributed by atoms with E-state index in [9.17, 15) is 4.79 Å². The molecule has 1 aromatic rings. The van der Waals surface area contributed by atoms with E-state index in [0.717, 1.165) is 17.1 Å². The highest BCUT2D eigenvalue weighted by Gasteiger charge is 2.27. The van der Waals surface area contributed by atoms with E-state index in [1.165, 1.54) is 7.11 Å². The van der Waals surface area contributed by atoms with Crippen LogP contribution in [0.3, 0.4) is 0 Å². The normalized spacial score (nSPS) is 11.4. The molecule has 0 radical (unpaired) electrons.